The summed E-state index contributed by atoms with van der Waals surface area (Å²) in [6.07, 6.45) is 11.7. The summed E-state index contributed by atoms with van der Waals surface area (Å²) < 4.78 is 0. The van der Waals surface area contributed by atoms with Crippen molar-refractivity contribution in [1.29, 1.82) is 0 Å². The van der Waals surface area contributed by atoms with E-state index in [4.69, 9.17) is 11.5 Å². The van der Waals surface area contributed by atoms with Crippen LogP contribution < -0.4 is 16.8 Å². The standard InChI is InChI=1S/C14H25N5/c15-9-8-11-10-17-14(16)19-13(11)18-12-6-4-2-1-3-5-7-12/h10,12H,1-9,15H2,(H3,16,17,18,19). The molecule has 1 aliphatic rings. The number of aromatic nitrogens is 2. The van der Waals surface area contributed by atoms with Crippen LogP contribution in [-0.2, 0) is 6.42 Å². The highest BCUT2D eigenvalue weighted by Gasteiger charge is 2.14. The fourth-order valence-corrected chi connectivity index (χ4v) is 2.68. The fourth-order valence-electron chi connectivity index (χ4n) is 2.68. The van der Waals surface area contributed by atoms with Gasteiger partial charge >= 0.3 is 0 Å². The smallest absolute Gasteiger partial charge is 0.221 e. The molecular formula is C14H25N5. The minimum absolute atomic E-state index is 0.328. The maximum atomic E-state index is 5.69. The first-order valence-corrected chi connectivity index (χ1v) is 7.37. The van der Waals surface area contributed by atoms with Gasteiger partial charge in [0.05, 0.1) is 0 Å². The maximum absolute atomic E-state index is 5.69. The molecule has 5 nitrogen and oxygen atoms in total. The summed E-state index contributed by atoms with van der Waals surface area (Å²) >= 11 is 0. The van der Waals surface area contributed by atoms with Crippen LogP contribution in [0, 0.1) is 0 Å². The van der Waals surface area contributed by atoms with Crippen LogP contribution in [0.15, 0.2) is 6.20 Å². The molecule has 5 N–H and O–H groups in total. The van der Waals surface area contributed by atoms with Gasteiger partial charge in [-0.15, -0.1) is 0 Å². The number of hydrogen-bond donors (Lipinski definition) is 3. The van der Waals surface area contributed by atoms with Crippen LogP contribution in [0.25, 0.3) is 0 Å². The van der Waals surface area contributed by atoms with Crippen LogP contribution in [-0.4, -0.2) is 22.6 Å². The van der Waals surface area contributed by atoms with Gasteiger partial charge in [0.2, 0.25) is 5.95 Å². The zero-order valence-corrected chi connectivity index (χ0v) is 11.6. The van der Waals surface area contributed by atoms with Crippen LogP contribution in [0.1, 0.15) is 50.5 Å². The van der Waals surface area contributed by atoms with Crippen molar-refractivity contribution in [2.45, 2.75) is 57.4 Å². The van der Waals surface area contributed by atoms with Crippen molar-refractivity contribution in [2.75, 3.05) is 17.6 Å². The fraction of sp³-hybridized carbons (Fsp3) is 0.714. The lowest BCUT2D eigenvalue weighted by Gasteiger charge is -2.22. The van der Waals surface area contributed by atoms with Crippen molar-refractivity contribution in [1.82, 2.24) is 9.97 Å². The molecule has 0 aliphatic heterocycles. The highest BCUT2D eigenvalue weighted by molar-refractivity contribution is 5.47. The van der Waals surface area contributed by atoms with Gasteiger partial charge in [0.15, 0.2) is 0 Å². The van der Waals surface area contributed by atoms with E-state index < -0.39 is 0 Å². The van der Waals surface area contributed by atoms with Crippen molar-refractivity contribution < 1.29 is 0 Å². The third kappa shape index (κ3) is 4.35. The zero-order chi connectivity index (χ0) is 13.5. The molecule has 0 spiro atoms. The van der Waals surface area contributed by atoms with Gasteiger partial charge in [-0.05, 0) is 25.8 Å². The zero-order valence-electron chi connectivity index (χ0n) is 11.6. The molecule has 19 heavy (non-hydrogen) atoms. The van der Waals surface area contributed by atoms with Crippen LogP contribution in [0.2, 0.25) is 0 Å². The summed E-state index contributed by atoms with van der Waals surface area (Å²) in [6.45, 7) is 0.604. The lowest BCUT2D eigenvalue weighted by Crippen LogP contribution is -2.23. The van der Waals surface area contributed by atoms with E-state index in [0.29, 0.717) is 18.5 Å². The molecule has 1 aromatic rings. The first kappa shape index (κ1) is 14.1. The number of nitrogen functional groups attached to an aromatic ring is 1. The highest BCUT2D eigenvalue weighted by Crippen LogP contribution is 2.22. The number of nitrogens with one attached hydrogen (secondary N) is 1. The average molecular weight is 263 g/mol. The number of nitrogens with two attached hydrogens (primary N) is 2. The number of nitrogens with zero attached hydrogens (tertiary/aromatic N) is 2. The molecule has 1 aliphatic carbocycles. The Kier molecular flexibility index (Phi) is 5.39. The van der Waals surface area contributed by atoms with E-state index >= 15 is 0 Å². The van der Waals surface area contributed by atoms with Crippen molar-refractivity contribution in [3.63, 3.8) is 0 Å². The predicted molar refractivity (Wildman–Crippen MR) is 78.9 cm³/mol. The Bertz CT molecular complexity index is 385. The van der Waals surface area contributed by atoms with Gasteiger partial charge in [-0.3, -0.25) is 0 Å². The SMILES string of the molecule is NCCc1cnc(N)nc1NC1CCCCCCC1. The molecule has 2 rings (SSSR count). The molecule has 0 saturated heterocycles. The lowest BCUT2D eigenvalue weighted by molar-refractivity contribution is 0.470. The summed E-state index contributed by atoms with van der Waals surface area (Å²) in [5.74, 6) is 1.21. The lowest BCUT2D eigenvalue weighted by atomic mass is 9.96. The molecule has 1 saturated carbocycles. The third-order valence-corrected chi connectivity index (χ3v) is 3.74. The second-order valence-corrected chi connectivity index (χ2v) is 5.33. The normalized spacial score (nSPS) is 17.7. The number of hydrogen-bond acceptors (Lipinski definition) is 5. The molecule has 0 atom stereocenters. The van der Waals surface area contributed by atoms with Crippen molar-refractivity contribution >= 4 is 11.8 Å². The van der Waals surface area contributed by atoms with E-state index in [1.165, 1.54) is 44.9 Å². The molecule has 0 aromatic carbocycles. The van der Waals surface area contributed by atoms with Crippen LogP contribution in [0.5, 0.6) is 0 Å². The Balaban J connectivity index is 2.04. The second-order valence-electron chi connectivity index (χ2n) is 5.33. The largest absolute Gasteiger partial charge is 0.368 e. The molecule has 1 heterocycles. The first-order chi connectivity index (χ1) is 9.29. The third-order valence-electron chi connectivity index (χ3n) is 3.74. The number of rotatable bonds is 4. The molecule has 0 radical (unpaired) electrons. The van der Waals surface area contributed by atoms with Crippen LogP contribution >= 0.6 is 0 Å². The number of anilines is 2. The Morgan fingerprint density at radius 1 is 1.16 bits per heavy atom. The monoisotopic (exact) mass is 263 g/mol. The molecule has 1 aromatic heterocycles. The first-order valence-electron chi connectivity index (χ1n) is 7.37. The molecule has 106 valence electrons. The van der Waals surface area contributed by atoms with E-state index in [0.717, 1.165) is 17.8 Å². The Morgan fingerprint density at radius 2 is 1.84 bits per heavy atom. The minimum Gasteiger partial charge on any atom is -0.368 e. The quantitative estimate of drug-likeness (QED) is 0.774. The summed E-state index contributed by atoms with van der Waals surface area (Å²) in [7, 11) is 0. The average Bonchev–Trinajstić information content (AvgIpc) is 2.36. The molecule has 5 heteroatoms. The van der Waals surface area contributed by atoms with Gasteiger partial charge in [0, 0.05) is 17.8 Å². The molecular weight excluding hydrogens is 238 g/mol. The highest BCUT2D eigenvalue weighted by atomic mass is 15.1. The summed E-state index contributed by atoms with van der Waals surface area (Å²) in [5, 5.41) is 3.56. The minimum atomic E-state index is 0.328. The van der Waals surface area contributed by atoms with E-state index in [-0.39, 0.29) is 0 Å². The topological polar surface area (TPSA) is 89.8 Å². The second kappa shape index (κ2) is 7.28. The van der Waals surface area contributed by atoms with Gasteiger partial charge in [-0.25, -0.2) is 4.98 Å². The van der Waals surface area contributed by atoms with E-state index in [2.05, 4.69) is 15.3 Å². The van der Waals surface area contributed by atoms with Gasteiger partial charge < -0.3 is 16.8 Å². The van der Waals surface area contributed by atoms with Crippen molar-refractivity contribution in [3.8, 4) is 0 Å². The van der Waals surface area contributed by atoms with Crippen LogP contribution in [0.3, 0.4) is 0 Å². The molecule has 1 fully saturated rings. The van der Waals surface area contributed by atoms with Gasteiger partial charge in [0.1, 0.15) is 5.82 Å². The summed E-state index contributed by atoms with van der Waals surface area (Å²) in [6, 6.07) is 0.506. The van der Waals surface area contributed by atoms with Gasteiger partial charge in [-0.1, -0.05) is 32.1 Å². The van der Waals surface area contributed by atoms with Crippen molar-refractivity contribution in [2.24, 2.45) is 5.73 Å². The van der Waals surface area contributed by atoms with Gasteiger partial charge in [-0.2, -0.15) is 4.98 Å². The van der Waals surface area contributed by atoms with Crippen LogP contribution in [0.4, 0.5) is 11.8 Å². The Hall–Kier alpha value is -1.36. The van der Waals surface area contributed by atoms with E-state index in [1.807, 2.05) is 0 Å². The Labute approximate surface area is 115 Å². The summed E-state index contributed by atoms with van der Waals surface area (Å²) in [5.41, 5.74) is 12.4. The van der Waals surface area contributed by atoms with Gasteiger partial charge in [0.25, 0.3) is 0 Å². The Morgan fingerprint density at radius 3 is 2.53 bits per heavy atom. The van der Waals surface area contributed by atoms with E-state index in [9.17, 15) is 0 Å². The van der Waals surface area contributed by atoms with E-state index in [1.54, 1.807) is 6.20 Å². The predicted octanol–water partition coefficient (Wildman–Crippen LogP) is 2.08. The maximum Gasteiger partial charge on any atom is 0.221 e. The summed E-state index contributed by atoms with van der Waals surface area (Å²) in [4.78, 5) is 8.40. The molecule has 0 bridgehead atoms. The van der Waals surface area contributed by atoms with Crippen molar-refractivity contribution in [3.05, 3.63) is 11.8 Å². The molecule has 0 amide bonds. The molecule has 0 unspecified atom stereocenters.